The molecule has 1 saturated heterocycles. The number of sulfone groups is 1. The van der Waals surface area contributed by atoms with E-state index in [1.54, 1.807) is 6.20 Å². The predicted molar refractivity (Wildman–Crippen MR) is 118 cm³/mol. The van der Waals surface area contributed by atoms with Gasteiger partial charge in [-0.05, 0) is 18.7 Å². The lowest BCUT2D eigenvalue weighted by atomic mass is 10.0. The second-order valence-electron chi connectivity index (χ2n) is 7.51. The van der Waals surface area contributed by atoms with Crippen LogP contribution in [0.25, 0.3) is 0 Å². The van der Waals surface area contributed by atoms with Crippen molar-refractivity contribution in [1.29, 1.82) is 0 Å². The first-order chi connectivity index (χ1) is 14.4. The number of hydrogen-bond donors (Lipinski definition) is 1. The summed E-state index contributed by atoms with van der Waals surface area (Å²) in [6, 6.07) is 8.95. The summed E-state index contributed by atoms with van der Waals surface area (Å²) in [5.41, 5.74) is 1.49. The van der Waals surface area contributed by atoms with E-state index >= 15 is 0 Å². The van der Waals surface area contributed by atoms with E-state index in [1.165, 1.54) is 0 Å². The van der Waals surface area contributed by atoms with E-state index in [0.717, 1.165) is 31.7 Å². The number of carbonyl (C=O) groups excluding carboxylic acids is 1. The lowest BCUT2D eigenvalue weighted by Crippen LogP contribution is -2.46. The molecule has 1 aliphatic heterocycles. The number of carbonyl (C=O) groups is 1. The molecule has 0 saturated carbocycles. The van der Waals surface area contributed by atoms with Crippen LogP contribution in [0.4, 0.5) is 5.69 Å². The summed E-state index contributed by atoms with van der Waals surface area (Å²) in [6.07, 6.45) is 3.49. The second kappa shape index (κ2) is 10.2. The number of nitrogens with one attached hydrogen (secondary N) is 1. The molecule has 1 fully saturated rings. The molecule has 0 aliphatic carbocycles. The molecule has 1 aromatic carbocycles. The van der Waals surface area contributed by atoms with Gasteiger partial charge in [0.2, 0.25) is 5.91 Å². The molecular formula is C21H31N5O3S. The first-order valence-corrected chi connectivity index (χ1v) is 12.3. The summed E-state index contributed by atoms with van der Waals surface area (Å²) in [6.45, 7) is 8.59. The zero-order chi connectivity index (χ0) is 21.6. The van der Waals surface area contributed by atoms with Gasteiger partial charge in [0.1, 0.15) is 6.04 Å². The zero-order valence-corrected chi connectivity index (χ0v) is 18.5. The number of aromatic nitrogens is 2. The van der Waals surface area contributed by atoms with E-state index < -0.39 is 15.9 Å². The van der Waals surface area contributed by atoms with Crippen LogP contribution in [0.15, 0.2) is 42.7 Å². The molecule has 9 heteroatoms. The highest BCUT2D eigenvalue weighted by molar-refractivity contribution is 7.91. The Labute approximate surface area is 178 Å². The van der Waals surface area contributed by atoms with E-state index in [1.807, 2.05) is 46.1 Å². The van der Waals surface area contributed by atoms with Crippen LogP contribution in [0.5, 0.6) is 0 Å². The standard InChI is InChI=1S/C21H31N5O3S/c1-3-24(4-2)10-11-26-17-19(16-22-26)23-21(27)20(18-8-6-5-7-9-18)25-12-14-30(28,29)15-13-25/h5-9,16-17,20H,3-4,10-15H2,1-2H3,(H,23,27). The van der Waals surface area contributed by atoms with E-state index in [0.29, 0.717) is 18.8 Å². The van der Waals surface area contributed by atoms with Crippen LogP contribution in [-0.2, 0) is 21.2 Å². The summed E-state index contributed by atoms with van der Waals surface area (Å²) in [7, 11) is -3.02. The Bertz CT molecular complexity index is 911. The molecule has 1 N–H and O–H groups in total. The van der Waals surface area contributed by atoms with Gasteiger partial charge in [-0.2, -0.15) is 5.10 Å². The van der Waals surface area contributed by atoms with Crippen molar-refractivity contribution in [3.63, 3.8) is 0 Å². The Morgan fingerprint density at radius 1 is 1.17 bits per heavy atom. The van der Waals surface area contributed by atoms with Crippen molar-refractivity contribution in [1.82, 2.24) is 19.6 Å². The number of anilines is 1. The SMILES string of the molecule is CCN(CC)CCn1cc(NC(=O)C(c2ccccc2)N2CCS(=O)(=O)CC2)cn1. The van der Waals surface area contributed by atoms with Crippen molar-refractivity contribution >= 4 is 21.4 Å². The molecule has 2 heterocycles. The number of amides is 1. The summed E-state index contributed by atoms with van der Waals surface area (Å²) < 4.78 is 25.5. The normalized spacial score (nSPS) is 17.7. The molecule has 0 radical (unpaired) electrons. The van der Waals surface area contributed by atoms with Crippen molar-refractivity contribution in [2.45, 2.75) is 26.4 Å². The third kappa shape index (κ3) is 5.90. The molecule has 0 spiro atoms. The maximum Gasteiger partial charge on any atom is 0.246 e. The zero-order valence-electron chi connectivity index (χ0n) is 17.7. The van der Waals surface area contributed by atoms with Gasteiger partial charge in [-0.15, -0.1) is 0 Å². The van der Waals surface area contributed by atoms with Crippen LogP contribution in [0.1, 0.15) is 25.5 Å². The van der Waals surface area contributed by atoms with Gasteiger partial charge in [0.05, 0.1) is 29.9 Å². The fourth-order valence-electron chi connectivity index (χ4n) is 3.69. The second-order valence-corrected chi connectivity index (χ2v) is 9.81. The van der Waals surface area contributed by atoms with Gasteiger partial charge in [-0.1, -0.05) is 44.2 Å². The van der Waals surface area contributed by atoms with Crippen LogP contribution in [0, 0.1) is 0 Å². The summed E-state index contributed by atoms with van der Waals surface area (Å²) in [5, 5.41) is 7.32. The van der Waals surface area contributed by atoms with E-state index in [9.17, 15) is 13.2 Å². The Morgan fingerprint density at radius 3 is 2.47 bits per heavy atom. The first kappa shape index (κ1) is 22.5. The van der Waals surface area contributed by atoms with Crippen molar-refractivity contribution in [2.24, 2.45) is 0 Å². The van der Waals surface area contributed by atoms with Gasteiger partial charge < -0.3 is 10.2 Å². The van der Waals surface area contributed by atoms with Crippen molar-refractivity contribution in [3.8, 4) is 0 Å². The number of benzene rings is 1. The van der Waals surface area contributed by atoms with Crippen molar-refractivity contribution in [2.75, 3.05) is 49.5 Å². The minimum absolute atomic E-state index is 0.0763. The third-order valence-electron chi connectivity index (χ3n) is 5.55. The highest BCUT2D eigenvalue weighted by Crippen LogP contribution is 2.24. The van der Waals surface area contributed by atoms with Gasteiger partial charge in [-0.25, -0.2) is 8.42 Å². The van der Waals surface area contributed by atoms with Crippen LogP contribution >= 0.6 is 0 Å². The largest absolute Gasteiger partial charge is 0.322 e. The lowest BCUT2D eigenvalue weighted by Gasteiger charge is -2.33. The topological polar surface area (TPSA) is 87.5 Å². The average Bonchev–Trinajstić information content (AvgIpc) is 3.18. The van der Waals surface area contributed by atoms with Crippen LogP contribution in [0.2, 0.25) is 0 Å². The molecule has 2 aromatic rings. The molecule has 8 nitrogen and oxygen atoms in total. The monoisotopic (exact) mass is 433 g/mol. The molecule has 1 atom stereocenters. The van der Waals surface area contributed by atoms with Crippen molar-refractivity contribution < 1.29 is 13.2 Å². The minimum atomic E-state index is -3.02. The summed E-state index contributed by atoms with van der Waals surface area (Å²) >= 11 is 0. The molecule has 0 bridgehead atoms. The molecule has 1 aliphatic rings. The smallest absolute Gasteiger partial charge is 0.246 e. The molecule has 1 amide bonds. The van der Waals surface area contributed by atoms with Gasteiger partial charge >= 0.3 is 0 Å². The minimum Gasteiger partial charge on any atom is -0.322 e. The van der Waals surface area contributed by atoms with Crippen molar-refractivity contribution in [3.05, 3.63) is 48.3 Å². The van der Waals surface area contributed by atoms with Gasteiger partial charge in [-0.3, -0.25) is 14.4 Å². The summed E-state index contributed by atoms with van der Waals surface area (Å²) in [4.78, 5) is 17.5. The Hall–Kier alpha value is -2.23. The Morgan fingerprint density at radius 2 is 1.83 bits per heavy atom. The average molecular weight is 434 g/mol. The molecule has 3 rings (SSSR count). The highest BCUT2D eigenvalue weighted by Gasteiger charge is 2.32. The molecular weight excluding hydrogens is 402 g/mol. The quantitative estimate of drug-likeness (QED) is 0.647. The lowest BCUT2D eigenvalue weighted by molar-refractivity contribution is -0.121. The van der Waals surface area contributed by atoms with Gasteiger partial charge in [0, 0.05) is 25.8 Å². The number of rotatable bonds is 9. The molecule has 164 valence electrons. The highest BCUT2D eigenvalue weighted by atomic mass is 32.2. The third-order valence-corrected chi connectivity index (χ3v) is 7.16. The Balaban J connectivity index is 1.70. The van der Waals surface area contributed by atoms with E-state index in [2.05, 4.69) is 29.2 Å². The molecule has 30 heavy (non-hydrogen) atoms. The maximum absolute atomic E-state index is 13.2. The first-order valence-electron chi connectivity index (χ1n) is 10.5. The van der Waals surface area contributed by atoms with Crippen LogP contribution in [-0.4, -0.2) is 78.1 Å². The van der Waals surface area contributed by atoms with E-state index in [-0.39, 0.29) is 17.4 Å². The van der Waals surface area contributed by atoms with Gasteiger partial charge in [0.25, 0.3) is 0 Å². The molecule has 1 aromatic heterocycles. The van der Waals surface area contributed by atoms with Gasteiger partial charge in [0.15, 0.2) is 9.84 Å². The maximum atomic E-state index is 13.2. The predicted octanol–water partition coefficient (Wildman–Crippen LogP) is 1.64. The van der Waals surface area contributed by atoms with Crippen LogP contribution in [0.3, 0.4) is 0 Å². The van der Waals surface area contributed by atoms with Crippen LogP contribution < -0.4 is 5.32 Å². The fraction of sp³-hybridized carbons (Fsp3) is 0.524. The summed E-state index contributed by atoms with van der Waals surface area (Å²) in [5.74, 6) is -0.0245. The molecule has 1 unspecified atom stereocenters. The fourth-order valence-corrected chi connectivity index (χ4v) is 4.92. The number of hydrogen-bond acceptors (Lipinski definition) is 6. The Kier molecular flexibility index (Phi) is 7.63. The number of nitrogens with zero attached hydrogens (tertiary/aromatic N) is 4. The van der Waals surface area contributed by atoms with E-state index in [4.69, 9.17) is 0 Å². The number of likely N-dealkylation sites (N-methyl/N-ethyl adjacent to an activating group) is 1.